The molecular formula is C21H24N2O2. The zero-order valence-electron chi connectivity index (χ0n) is 14.8. The van der Waals surface area contributed by atoms with Gasteiger partial charge in [-0.25, -0.2) is 0 Å². The first-order valence-corrected chi connectivity index (χ1v) is 8.80. The van der Waals surface area contributed by atoms with Gasteiger partial charge in [0.15, 0.2) is 0 Å². The molecule has 0 fully saturated rings. The summed E-state index contributed by atoms with van der Waals surface area (Å²) in [6.07, 6.45) is 1.76. The maximum atomic E-state index is 12.3. The van der Waals surface area contributed by atoms with Crippen LogP contribution in [0.5, 0.6) is 0 Å². The van der Waals surface area contributed by atoms with Crippen LogP contribution in [0.2, 0.25) is 0 Å². The largest absolute Gasteiger partial charge is 0.300 e. The van der Waals surface area contributed by atoms with Crippen molar-refractivity contribution in [3.8, 4) is 0 Å². The van der Waals surface area contributed by atoms with Crippen LogP contribution in [0.3, 0.4) is 0 Å². The van der Waals surface area contributed by atoms with Crippen LogP contribution >= 0.6 is 0 Å². The summed E-state index contributed by atoms with van der Waals surface area (Å²) in [5.74, 6) is -0.321. The predicted molar refractivity (Wildman–Crippen MR) is 98.5 cm³/mol. The van der Waals surface area contributed by atoms with Gasteiger partial charge in [0, 0.05) is 12.6 Å². The molecular weight excluding hydrogens is 312 g/mol. The minimum Gasteiger partial charge on any atom is -0.300 e. The number of nitrogens with zero attached hydrogens (tertiary/aromatic N) is 2. The fraction of sp³-hybridized carbons (Fsp3) is 0.333. The zero-order chi connectivity index (χ0) is 17.8. The fourth-order valence-electron chi connectivity index (χ4n) is 3.25. The monoisotopic (exact) mass is 336 g/mol. The van der Waals surface area contributed by atoms with Crippen LogP contribution in [-0.2, 0) is 0 Å². The Morgan fingerprint density at radius 3 is 2.04 bits per heavy atom. The minimum atomic E-state index is -0.161. The second-order valence-corrected chi connectivity index (χ2v) is 6.58. The van der Waals surface area contributed by atoms with E-state index in [9.17, 15) is 9.59 Å². The molecule has 0 saturated carbocycles. The second kappa shape index (κ2) is 7.62. The summed E-state index contributed by atoms with van der Waals surface area (Å²) in [6, 6.07) is 17.8. The summed E-state index contributed by atoms with van der Waals surface area (Å²) in [5, 5.41) is 0. The molecule has 1 aliphatic rings. The molecule has 0 saturated heterocycles. The Hall–Kier alpha value is -2.46. The van der Waals surface area contributed by atoms with Crippen molar-refractivity contribution in [1.82, 2.24) is 9.80 Å². The van der Waals surface area contributed by atoms with Crippen molar-refractivity contribution in [3.05, 3.63) is 71.3 Å². The Labute approximate surface area is 149 Å². The number of hydrogen-bond acceptors (Lipinski definition) is 3. The van der Waals surface area contributed by atoms with Crippen molar-refractivity contribution in [2.24, 2.45) is 0 Å². The minimum absolute atomic E-state index is 0.161. The Balaban J connectivity index is 1.48. The van der Waals surface area contributed by atoms with Crippen molar-refractivity contribution in [3.63, 3.8) is 0 Å². The highest BCUT2D eigenvalue weighted by Gasteiger charge is 2.34. The van der Waals surface area contributed by atoms with Gasteiger partial charge in [0.1, 0.15) is 0 Å². The van der Waals surface area contributed by atoms with E-state index in [1.807, 2.05) is 6.07 Å². The van der Waals surface area contributed by atoms with Crippen molar-refractivity contribution < 1.29 is 9.59 Å². The van der Waals surface area contributed by atoms with Gasteiger partial charge in [-0.3, -0.25) is 19.4 Å². The molecule has 0 radical (unpaired) electrons. The first-order chi connectivity index (χ1) is 12.1. The van der Waals surface area contributed by atoms with Gasteiger partial charge >= 0.3 is 0 Å². The molecule has 25 heavy (non-hydrogen) atoms. The summed E-state index contributed by atoms with van der Waals surface area (Å²) in [4.78, 5) is 28.3. The topological polar surface area (TPSA) is 40.6 Å². The molecule has 2 aromatic carbocycles. The van der Waals surface area contributed by atoms with E-state index in [-0.39, 0.29) is 11.8 Å². The van der Waals surface area contributed by atoms with Crippen LogP contribution in [0, 0.1) is 0 Å². The van der Waals surface area contributed by atoms with Gasteiger partial charge in [-0.1, -0.05) is 42.5 Å². The molecule has 1 aliphatic heterocycles. The van der Waals surface area contributed by atoms with Gasteiger partial charge in [-0.05, 0) is 51.1 Å². The molecule has 1 atom stereocenters. The van der Waals surface area contributed by atoms with Crippen LogP contribution in [0.25, 0.3) is 0 Å². The SMILES string of the molecule is CC(c1ccccc1)N(C)CCCCN1C(=O)c2ccccc2C1=O. The number of imide groups is 1. The van der Waals surface area contributed by atoms with E-state index in [1.165, 1.54) is 10.5 Å². The van der Waals surface area contributed by atoms with Crippen LogP contribution in [0.15, 0.2) is 54.6 Å². The van der Waals surface area contributed by atoms with E-state index < -0.39 is 0 Å². The molecule has 2 amide bonds. The quantitative estimate of drug-likeness (QED) is 0.571. The molecule has 0 spiro atoms. The number of unbranched alkanes of at least 4 members (excludes halogenated alkanes) is 1. The highest BCUT2D eigenvalue weighted by molar-refractivity contribution is 6.21. The number of hydrogen-bond donors (Lipinski definition) is 0. The third kappa shape index (κ3) is 3.64. The van der Waals surface area contributed by atoms with E-state index in [1.54, 1.807) is 24.3 Å². The van der Waals surface area contributed by atoms with Crippen LogP contribution in [0.4, 0.5) is 0 Å². The van der Waals surface area contributed by atoms with E-state index >= 15 is 0 Å². The molecule has 0 bridgehead atoms. The Kier molecular flexibility index (Phi) is 5.29. The van der Waals surface area contributed by atoms with E-state index in [0.29, 0.717) is 23.7 Å². The summed E-state index contributed by atoms with van der Waals surface area (Å²) >= 11 is 0. The van der Waals surface area contributed by atoms with Gasteiger partial charge < -0.3 is 0 Å². The Morgan fingerprint density at radius 1 is 0.880 bits per heavy atom. The van der Waals surface area contributed by atoms with Gasteiger partial charge in [-0.2, -0.15) is 0 Å². The number of rotatable bonds is 7. The average Bonchev–Trinajstić information content (AvgIpc) is 2.90. The smallest absolute Gasteiger partial charge is 0.261 e. The van der Waals surface area contributed by atoms with E-state index in [2.05, 4.69) is 43.1 Å². The van der Waals surface area contributed by atoms with Crippen LogP contribution in [-0.4, -0.2) is 41.8 Å². The molecule has 1 unspecified atom stereocenters. The third-order valence-electron chi connectivity index (χ3n) is 4.96. The lowest BCUT2D eigenvalue weighted by atomic mass is 10.1. The molecule has 0 N–H and O–H groups in total. The number of fused-ring (bicyclic) bond motifs is 1. The van der Waals surface area contributed by atoms with Gasteiger partial charge in [-0.15, -0.1) is 0 Å². The lowest BCUT2D eigenvalue weighted by molar-refractivity contribution is 0.0650. The molecule has 2 aromatic rings. The standard InChI is InChI=1S/C21H24N2O2/c1-16(17-10-4-3-5-11-17)22(2)14-8-9-15-23-20(24)18-12-6-7-13-19(18)21(23)25/h3-7,10-13,16H,8-9,14-15H2,1-2H3. The van der Waals surface area contributed by atoms with Gasteiger partial charge in [0.25, 0.3) is 11.8 Å². The maximum absolute atomic E-state index is 12.3. The molecule has 0 aromatic heterocycles. The fourth-order valence-corrected chi connectivity index (χ4v) is 3.25. The Morgan fingerprint density at radius 2 is 1.44 bits per heavy atom. The second-order valence-electron chi connectivity index (χ2n) is 6.58. The normalized spacial score (nSPS) is 14.9. The average molecular weight is 336 g/mol. The number of amides is 2. The highest BCUT2D eigenvalue weighted by atomic mass is 16.2. The predicted octanol–water partition coefficient (Wildman–Crippen LogP) is 3.76. The Bertz CT molecular complexity index is 723. The van der Waals surface area contributed by atoms with E-state index in [4.69, 9.17) is 0 Å². The molecule has 1 heterocycles. The maximum Gasteiger partial charge on any atom is 0.261 e. The molecule has 130 valence electrons. The molecule has 3 rings (SSSR count). The molecule has 4 heteroatoms. The number of carbonyl (C=O) groups is 2. The number of benzene rings is 2. The van der Waals surface area contributed by atoms with Crippen molar-refractivity contribution in [2.45, 2.75) is 25.8 Å². The number of carbonyl (C=O) groups excluding carboxylic acids is 2. The third-order valence-corrected chi connectivity index (χ3v) is 4.96. The summed E-state index contributed by atoms with van der Waals surface area (Å²) in [6.45, 7) is 3.61. The van der Waals surface area contributed by atoms with Crippen LogP contribution in [0.1, 0.15) is 52.1 Å². The van der Waals surface area contributed by atoms with Gasteiger partial charge in [0.2, 0.25) is 0 Å². The summed E-state index contributed by atoms with van der Waals surface area (Å²) in [7, 11) is 2.11. The molecule has 4 nitrogen and oxygen atoms in total. The van der Waals surface area contributed by atoms with Crippen molar-refractivity contribution in [1.29, 1.82) is 0 Å². The van der Waals surface area contributed by atoms with Crippen molar-refractivity contribution >= 4 is 11.8 Å². The highest BCUT2D eigenvalue weighted by Crippen LogP contribution is 2.23. The van der Waals surface area contributed by atoms with Gasteiger partial charge in [0.05, 0.1) is 11.1 Å². The lowest BCUT2D eigenvalue weighted by Gasteiger charge is -2.25. The van der Waals surface area contributed by atoms with E-state index in [0.717, 1.165) is 19.4 Å². The first kappa shape index (κ1) is 17.4. The van der Waals surface area contributed by atoms with Crippen LogP contribution < -0.4 is 0 Å². The summed E-state index contributed by atoms with van der Waals surface area (Å²) < 4.78 is 0. The lowest BCUT2D eigenvalue weighted by Crippen LogP contribution is -2.31. The zero-order valence-corrected chi connectivity index (χ0v) is 14.8. The van der Waals surface area contributed by atoms with Crippen molar-refractivity contribution in [2.75, 3.05) is 20.1 Å². The molecule has 0 aliphatic carbocycles. The first-order valence-electron chi connectivity index (χ1n) is 8.80. The summed E-state index contributed by atoms with van der Waals surface area (Å²) in [5.41, 5.74) is 2.36.